The summed E-state index contributed by atoms with van der Waals surface area (Å²) < 4.78 is 19.6. The van der Waals surface area contributed by atoms with Gasteiger partial charge in [0.2, 0.25) is 5.91 Å². The molecule has 0 saturated heterocycles. The van der Waals surface area contributed by atoms with Gasteiger partial charge in [-0.1, -0.05) is 27.5 Å². The molecule has 120 valence electrons. The Bertz CT molecular complexity index is 733. The van der Waals surface area contributed by atoms with E-state index >= 15 is 0 Å². The molecule has 1 atom stereocenters. The second kappa shape index (κ2) is 6.89. The first kappa shape index (κ1) is 16.3. The molecule has 2 aromatic rings. The highest BCUT2D eigenvalue weighted by atomic mass is 79.9. The van der Waals surface area contributed by atoms with Crippen molar-refractivity contribution in [2.45, 2.75) is 13.0 Å². The summed E-state index contributed by atoms with van der Waals surface area (Å²) in [6, 6.07) is 9.95. The van der Waals surface area contributed by atoms with Gasteiger partial charge in [-0.2, -0.15) is 0 Å². The van der Waals surface area contributed by atoms with Gasteiger partial charge in [-0.25, -0.2) is 4.39 Å². The lowest BCUT2D eigenvalue weighted by atomic mass is 9.96. The Hall–Kier alpha value is -1.59. The number of nitrogens with one attached hydrogen (secondary N) is 1. The van der Waals surface area contributed by atoms with E-state index in [-0.39, 0.29) is 24.2 Å². The number of carbonyl (C=O) groups excluding carboxylic acids is 1. The van der Waals surface area contributed by atoms with Crippen LogP contribution in [0.4, 0.5) is 4.39 Å². The number of rotatable bonds is 3. The Morgan fingerprint density at radius 3 is 2.96 bits per heavy atom. The number of benzene rings is 2. The van der Waals surface area contributed by atoms with Gasteiger partial charge in [-0.05, 0) is 53.9 Å². The summed E-state index contributed by atoms with van der Waals surface area (Å²) in [7, 11) is 0. The zero-order valence-corrected chi connectivity index (χ0v) is 14.5. The summed E-state index contributed by atoms with van der Waals surface area (Å²) in [5.74, 6) is 0.0367. The molecule has 2 aromatic carbocycles. The van der Waals surface area contributed by atoms with Gasteiger partial charge in [0.25, 0.3) is 0 Å². The standard InChI is InChI=1S/C17H14BrClFNO2/c18-13-3-10(4-15(20)7-13)8-21-17(22)12-5-11-6-14(19)1-2-16(11)23-9-12/h1-4,6-7,12H,5,8-9H2,(H,21,22). The number of carbonyl (C=O) groups is 1. The molecule has 3 nitrogen and oxygen atoms in total. The number of amides is 1. The average molecular weight is 399 g/mol. The highest BCUT2D eigenvalue weighted by molar-refractivity contribution is 9.10. The molecule has 23 heavy (non-hydrogen) atoms. The van der Waals surface area contributed by atoms with Crippen LogP contribution in [0.25, 0.3) is 0 Å². The van der Waals surface area contributed by atoms with E-state index in [1.807, 2.05) is 12.1 Å². The topological polar surface area (TPSA) is 38.3 Å². The van der Waals surface area contributed by atoms with Crippen LogP contribution in [0.15, 0.2) is 40.9 Å². The van der Waals surface area contributed by atoms with E-state index in [1.54, 1.807) is 12.1 Å². The Balaban J connectivity index is 1.63. The monoisotopic (exact) mass is 397 g/mol. The fourth-order valence-corrected chi connectivity index (χ4v) is 3.29. The van der Waals surface area contributed by atoms with E-state index in [2.05, 4.69) is 21.2 Å². The van der Waals surface area contributed by atoms with Crippen LogP contribution in [0.1, 0.15) is 11.1 Å². The maximum atomic E-state index is 13.3. The van der Waals surface area contributed by atoms with Crippen molar-refractivity contribution in [3.63, 3.8) is 0 Å². The lowest BCUT2D eigenvalue weighted by Crippen LogP contribution is -2.37. The van der Waals surface area contributed by atoms with Crippen molar-refractivity contribution in [2.75, 3.05) is 6.61 Å². The van der Waals surface area contributed by atoms with E-state index in [0.717, 1.165) is 11.3 Å². The van der Waals surface area contributed by atoms with Gasteiger partial charge in [-0.15, -0.1) is 0 Å². The fraction of sp³-hybridized carbons (Fsp3) is 0.235. The lowest BCUT2D eigenvalue weighted by Gasteiger charge is -2.24. The summed E-state index contributed by atoms with van der Waals surface area (Å²) in [6.45, 7) is 0.599. The third-order valence-corrected chi connectivity index (χ3v) is 4.38. The quantitative estimate of drug-likeness (QED) is 0.845. The largest absolute Gasteiger partial charge is 0.492 e. The van der Waals surface area contributed by atoms with Crippen molar-refractivity contribution in [2.24, 2.45) is 5.92 Å². The van der Waals surface area contributed by atoms with Crippen molar-refractivity contribution in [1.29, 1.82) is 0 Å². The Morgan fingerprint density at radius 1 is 1.35 bits per heavy atom. The second-order valence-corrected chi connectivity index (χ2v) is 6.81. The number of halogens is 3. The third-order valence-electron chi connectivity index (χ3n) is 3.69. The van der Waals surface area contributed by atoms with Crippen LogP contribution in [0.3, 0.4) is 0 Å². The van der Waals surface area contributed by atoms with Gasteiger partial charge in [0.1, 0.15) is 18.2 Å². The SMILES string of the molecule is O=C(NCc1cc(F)cc(Br)c1)C1COc2ccc(Cl)cc2C1. The first-order valence-electron chi connectivity index (χ1n) is 7.15. The highest BCUT2D eigenvalue weighted by Gasteiger charge is 2.26. The molecule has 0 saturated carbocycles. The first-order valence-corrected chi connectivity index (χ1v) is 8.32. The summed E-state index contributed by atoms with van der Waals surface area (Å²) in [6.07, 6.45) is 0.578. The number of ether oxygens (including phenoxy) is 1. The van der Waals surface area contributed by atoms with Crippen LogP contribution in [0.2, 0.25) is 5.02 Å². The van der Waals surface area contributed by atoms with Gasteiger partial charge < -0.3 is 10.1 Å². The minimum Gasteiger partial charge on any atom is -0.492 e. The van der Waals surface area contributed by atoms with Gasteiger partial charge >= 0.3 is 0 Å². The molecule has 0 fully saturated rings. The van der Waals surface area contributed by atoms with Crippen LogP contribution < -0.4 is 10.1 Å². The van der Waals surface area contributed by atoms with Crippen molar-refractivity contribution >= 4 is 33.4 Å². The molecular weight excluding hydrogens is 385 g/mol. The first-order chi connectivity index (χ1) is 11.0. The molecular formula is C17H14BrClFNO2. The van der Waals surface area contributed by atoms with Gasteiger partial charge in [-0.3, -0.25) is 4.79 Å². The molecule has 0 bridgehead atoms. The molecule has 1 amide bonds. The third kappa shape index (κ3) is 4.03. The number of hydrogen-bond donors (Lipinski definition) is 1. The Labute approximate surface area is 146 Å². The normalized spacial score (nSPS) is 16.4. The molecule has 1 N–H and O–H groups in total. The molecule has 0 aliphatic carbocycles. The Kier molecular flexibility index (Phi) is 4.87. The maximum Gasteiger partial charge on any atom is 0.227 e. The zero-order chi connectivity index (χ0) is 16.4. The van der Waals surface area contributed by atoms with Gasteiger partial charge in [0, 0.05) is 16.0 Å². The second-order valence-electron chi connectivity index (χ2n) is 5.46. The minimum atomic E-state index is -0.340. The minimum absolute atomic E-state index is 0.115. The van der Waals surface area contributed by atoms with Crippen LogP contribution in [0, 0.1) is 11.7 Å². The predicted octanol–water partition coefficient (Wildman–Crippen LogP) is 4.11. The molecule has 0 spiro atoms. The number of hydrogen-bond acceptors (Lipinski definition) is 2. The molecule has 1 aliphatic heterocycles. The van der Waals surface area contributed by atoms with Crippen LogP contribution in [-0.2, 0) is 17.8 Å². The van der Waals surface area contributed by atoms with Crippen molar-refractivity contribution in [3.05, 3.63) is 62.8 Å². The lowest BCUT2D eigenvalue weighted by molar-refractivity contribution is -0.126. The molecule has 6 heteroatoms. The van der Waals surface area contributed by atoms with E-state index in [0.29, 0.717) is 28.1 Å². The molecule has 0 aromatic heterocycles. The summed E-state index contributed by atoms with van der Waals surface area (Å²) >= 11 is 9.21. The predicted molar refractivity (Wildman–Crippen MR) is 90.1 cm³/mol. The Morgan fingerprint density at radius 2 is 2.17 bits per heavy atom. The summed E-state index contributed by atoms with van der Waals surface area (Å²) in [5, 5.41) is 3.45. The van der Waals surface area contributed by atoms with E-state index < -0.39 is 0 Å². The van der Waals surface area contributed by atoms with Gasteiger partial charge in [0.05, 0.1) is 5.92 Å². The maximum absolute atomic E-state index is 13.3. The van der Waals surface area contributed by atoms with E-state index in [4.69, 9.17) is 16.3 Å². The fourth-order valence-electron chi connectivity index (χ4n) is 2.58. The molecule has 1 unspecified atom stereocenters. The average Bonchev–Trinajstić information content (AvgIpc) is 2.51. The summed E-state index contributed by atoms with van der Waals surface area (Å²) in [4.78, 5) is 12.3. The van der Waals surface area contributed by atoms with Crippen molar-refractivity contribution in [1.82, 2.24) is 5.32 Å². The van der Waals surface area contributed by atoms with Crippen LogP contribution >= 0.6 is 27.5 Å². The molecule has 3 rings (SSSR count). The smallest absolute Gasteiger partial charge is 0.227 e. The zero-order valence-electron chi connectivity index (χ0n) is 12.1. The van der Waals surface area contributed by atoms with E-state index in [1.165, 1.54) is 12.1 Å². The van der Waals surface area contributed by atoms with Crippen molar-refractivity contribution < 1.29 is 13.9 Å². The van der Waals surface area contributed by atoms with Crippen LogP contribution in [0.5, 0.6) is 5.75 Å². The highest BCUT2D eigenvalue weighted by Crippen LogP contribution is 2.29. The molecule has 1 heterocycles. The van der Waals surface area contributed by atoms with Crippen LogP contribution in [-0.4, -0.2) is 12.5 Å². The van der Waals surface area contributed by atoms with E-state index in [9.17, 15) is 9.18 Å². The molecule has 0 radical (unpaired) electrons. The number of fused-ring (bicyclic) bond motifs is 1. The molecule has 1 aliphatic rings. The summed E-state index contributed by atoms with van der Waals surface area (Å²) in [5.41, 5.74) is 1.63. The van der Waals surface area contributed by atoms with Crippen molar-refractivity contribution in [3.8, 4) is 5.75 Å². The van der Waals surface area contributed by atoms with Gasteiger partial charge in [0.15, 0.2) is 0 Å².